The Kier molecular flexibility index (Phi) is 4.23. The van der Waals surface area contributed by atoms with Crippen molar-refractivity contribution in [3.8, 4) is 16.9 Å². The molecule has 0 radical (unpaired) electrons. The van der Waals surface area contributed by atoms with Gasteiger partial charge in [0.05, 0.1) is 6.10 Å². The number of β-amino-alcohol motifs (C(OH)–C–C–N with tert-alkyl or cyclic N) is 1. The second kappa shape index (κ2) is 6.29. The zero-order valence-corrected chi connectivity index (χ0v) is 12.1. The Morgan fingerprint density at radius 3 is 2.62 bits per heavy atom. The number of hydrogen-bond donors (Lipinski definition) is 2. The number of rotatable bonds is 3. The fourth-order valence-electron chi connectivity index (χ4n) is 2.94. The summed E-state index contributed by atoms with van der Waals surface area (Å²) in [4.78, 5) is 2.21. The molecule has 1 saturated heterocycles. The predicted molar refractivity (Wildman–Crippen MR) is 84.1 cm³/mol. The fraction of sp³-hybridized carbons (Fsp3) is 0.333. The fourth-order valence-corrected chi connectivity index (χ4v) is 2.94. The summed E-state index contributed by atoms with van der Waals surface area (Å²) in [5, 5.41) is 19.8. The summed E-state index contributed by atoms with van der Waals surface area (Å²) in [7, 11) is 0. The van der Waals surface area contributed by atoms with Crippen LogP contribution in [0, 0.1) is 0 Å². The van der Waals surface area contributed by atoms with Crippen LogP contribution >= 0.6 is 0 Å². The van der Waals surface area contributed by atoms with E-state index < -0.39 is 0 Å². The van der Waals surface area contributed by atoms with Gasteiger partial charge >= 0.3 is 0 Å². The van der Waals surface area contributed by atoms with Crippen molar-refractivity contribution >= 4 is 0 Å². The number of aliphatic hydroxyl groups excluding tert-OH is 1. The number of phenolic OH excluding ortho intramolecular Hbond substituents is 1. The van der Waals surface area contributed by atoms with Crippen molar-refractivity contribution in [1.29, 1.82) is 0 Å². The molecule has 0 amide bonds. The van der Waals surface area contributed by atoms with Crippen LogP contribution in [0.2, 0.25) is 0 Å². The minimum Gasteiger partial charge on any atom is -0.508 e. The van der Waals surface area contributed by atoms with Crippen LogP contribution in [-0.4, -0.2) is 34.3 Å². The Bertz CT molecular complexity index is 597. The van der Waals surface area contributed by atoms with Crippen LogP contribution in [0.3, 0.4) is 0 Å². The van der Waals surface area contributed by atoms with E-state index in [1.54, 1.807) is 6.07 Å². The van der Waals surface area contributed by atoms with E-state index in [0.29, 0.717) is 18.8 Å². The summed E-state index contributed by atoms with van der Waals surface area (Å²) in [6.45, 7) is 2.35. The number of nitrogens with zero attached hydrogens (tertiary/aromatic N) is 1. The smallest absolute Gasteiger partial charge is 0.120 e. The van der Waals surface area contributed by atoms with E-state index in [-0.39, 0.29) is 6.10 Å². The maximum atomic E-state index is 10.1. The summed E-state index contributed by atoms with van der Waals surface area (Å²) in [6.07, 6.45) is 1.66. The Morgan fingerprint density at radius 1 is 1.05 bits per heavy atom. The molecule has 0 bridgehead atoms. The third-order valence-corrected chi connectivity index (χ3v) is 4.06. The maximum Gasteiger partial charge on any atom is 0.120 e. The van der Waals surface area contributed by atoms with Gasteiger partial charge in [-0.15, -0.1) is 0 Å². The van der Waals surface area contributed by atoms with Crippen LogP contribution in [0.1, 0.15) is 18.4 Å². The average Bonchev–Trinajstić information content (AvgIpc) is 2.50. The molecule has 1 atom stereocenters. The van der Waals surface area contributed by atoms with E-state index in [2.05, 4.69) is 17.0 Å². The van der Waals surface area contributed by atoms with Gasteiger partial charge in [0.2, 0.25) is 0 Å². The molecular formula is C18H21NO2. The van der Waals surface area contributed by atoms with Crippen molar-refractivity contribution < 1.29 is 10.2 Å². The van der Waals surface area contributed by atoms with E-state index >= 15 is 0 Å². The Balaban J connectivity index is 1.81. The minimum absolute atomic E-state index is 0.238. The van der Waals surface area contributed by atoms with E-state index in [1.807, 2.05) is 30.3 Å². The van der Waals surface area contributed by atoms with Gasteiger partial charge in [-0.05, 0) is 42.6 Å². The number of piperidine rings is 1. The van der Waals surface area contributed by atoms with Gasteiger partial charge in [-0.3, -0.25) is 4.90 Å². The van der Waals surface area contributed by atoms with E-state index in [9.17, 15) is 10.2 Å². The van der Waals surface area contributed by atoms with Crippen molar-refractivity contribution in [2.75, 3.05) is 13.1 Å². The van der Waals surface area contributed by atoms with Crippen LogP contribution in [0.15, 0.2) is 48.5 Å². The molecule has 0 unspecified atom stereocenters. The highest BCUT2D eigenvalue weighted by atomic mass is 16.3. The first-order chi connectivity index (χ1) is 10.2. The van der Waals surface area contributed by atoms with Gasteiger partial charge in [-0.25, -0.2) is 0 Å². The summed E-state index contributed by atoms with van der Waals surface area (Å²) < 4.78 is 0. The number of phenols is 1. The monoisotopic (exact) mass is 283 g/mol. The summed E-state index contributed by atoms with van der Waals surface area (Å²) >= 11 is 0. The van der Waals surface area contributed by atoms with Crippen LogP contribution in [0.25, 0.3) is 11.1 Å². The quantitative estimate of drug-likeness (QED) is 0.910. The van der Waals surface area contributed by atoms with Gasteiger partial charge in [0.25, 0.3) is 0 Å². The van der Waals surface area contributed by atoms with Crippen molar-refractivity contribution in [2.45, 2.75) is 25.5 Å². The average molecular weight is 283 g/mol. The molecule has 2 aromatic carbocycles. The second-order valence-corrected chi connectivity index (χ2v) is 5.74. The molecule has 110 valence electrons. The van der Waals surface area contributed by atoms with Gasteiger partial charge < -0.3 is 10.2 Å². The lowest BCUT2D eigenvalue weighted by molar-refractivity contribution is 0.0664. The number of hydrogen-bond acceptors (Lipinski definition) is 3. The number of aliphatic hydroxyl groups is 1. The van der Waals surface area contributed by atoms with Crippen molar-refractivity contribution in [3.05, 3.63) is 54.1 Å². The lowest BCUT2D eigenvalue weighted by Crippen LogP contribution is -2.37. The minimum atomic E-state index is -0.238. The van der Waals surface area contributed by atoms with E-state index in [4.69, 9.17) is 0 Å². The van der Waals surface area contributed by atoms with Crippen LogP contribution in [0.5, 0.6) is 5.75 Å². The number of likely N-dealkylation sites (tertiary alicyclic amines) is 1. The molecule has 3 rings (SSSR count). The number of aromatic hydroxyl groups is 1. The van der Waals surface area contributed by atoms with Crippen LogP contribution in [0.4, 0.5) is 0 Å². The third-order valence-electron chi connectivity index (χ3n) is 4.06. The van der Waals surface area contributed by atoms with Gasteiger partial charge in [0.1, 0.15) is 5.75 Å². The zero-order chi connectivity index (χ0) is 14.7. The molecular weight excluding hydrogens is 262 g/mol. The molecule has 0 saturated carbocycles. The Labute approximate surface area is 125 Å². The van der Waals surface area contributed by atoms with E-state index in [0.717, 1.165) is 36.1 Å². The van der Waals surface area contributed by atoms with Crippen molar-refractivity contribution in [1.82, 2.24) is 4.90 Å². The van der Waals surface area contributed by atoms with Gasteiger partial charge in [-0.1, -0.05) is 36.4 Å². The second-order valence-electron chi connectivity index (χ2n) is 5.74. The molecule has 1 heterocycles. The van der Waals surface area contributed by atoms with Crippen molar-refractivity contribution in [3.63, 3.8) is 0 Å². The maximum absolute atomic E-state index is 10.1. The summed E-state index contributed by atoms with van der Waals surface area (Å²) in [6, 6.07) is 15.9. The normalized spacial score (nSPS) is 19.6. The summed E-state index contributed by atoms with van der Waals surface area (Å²) in [5.41, 5.74) is 3.18. The molecule has 0 spiro atoms. The van der Waals surface area contributed by atoms with Gasteiger partial charge in [-0.2, -0.15) is 0 Å². The third kappa shape index (κ3) is 3.43. The van der Waals surface area contributed by atoms with Gasteiger partial charge in [0.15, 0.2) is 0 Å². The van der Waals surface area contributed by atoms with E-state index in [1.165, 1.54) is 0 Å². The van der Waals surface area contributed by atoms with Crippen molar-refractivity contribution in [2.24, 2.45) is 0 Å². The molecule has 0 aromatic heterocycles. The molecule has 2 aromatic rings. The molecule has 1 aliphatic rings. The first-order valence-corrected chi connectivity index (χ1v) is 7.50. The van der Waals surface area contributed by atoms with Crippen LogP contribution < -0.4 is 0 Å². The van der Waals surface area contributed by atoms with Crippen LogP contribution in [-0.2, 0) is 6.54 Å². The first kappa shape index (κ1) is 14.1. The lowest BCUT2D eigenvalue weighted by atomic mass is 10.0. The Morgan fingerprint density at radius 2 is 1.86 bits per heavy atom. The molecule has 21 heavy (non-hydrogen) atoms. The molecule has 3 heteroatoms. The highest BCUT2D eigenvalue weighted by Gasteiger charge is 2.18. The summed E-state index contributed by atoms with van der Waals surface area (Å²) in [5.74, 6) is 0.328. The molecule has 2 N–H and O–H groups in total. The highest BCUT2D eigenvalue weighted by Crippen LogP contribution is 2.27. The largest absolute Gasteiger partial charge is 0.508 e. The van der Waals surface area contributed by atoms with Gasteiger partial charge in [0, 0.05) is 18.7 Å². The Hall–Kier alpha value is -1.84. The highest BCUT2D eigenvalue weighted by molar-refractivity contribution is 5.65. The zero-order valence-electron chi connectivity index (χ0n) is 12.1. The first-order valence-electron chi connectivity index (χ1n) is 7.50. The number of benzene rings is 2. The molecule has 1 fully saturated rings. The SMILES string of the molecule is Oc1ccc(-c2ccccc2)cc1CN1CCC[C@@H](O)C1. The lowest BCUT2D eigenvalue weighted by Gasteiger charge is -2.30. The molecule has 0 aliphatic carbocycles. The molecule has 1 aliphatic heterocycles. The molecule has 3 nitrogen and oxygen atoms in total. The predicted octanol–water partition coefficient (Wildman–Crippen LogP) is 3.02. The standard InChI is InChI=1S/C18H21NO2/c20-17-7-4-10-19(13-17)12-16-11-15(8-9-18(16)21)14-5-2-1-3-6-14/h1-3,5-6,8-9,11,17,20-21H,4,7,10,12-13H2/t17-/m1/s1. The topological polar surface area (TPSA) is 43.7 Å².